The lowest BCUT2D eigenvalue weighted by Gasteiger charge is -2.24. The summed E-state index contributed by atoms with van der Waals surface area (Å²) in [5.74, 6) is -0.933. The van der Waals surface area contributed by atoms with Crippen LogP contribution >= 0.6 is 0 Å². The molecular formula is C31H27F3N6O7S. The van der Waals surface area contributed by atoms with Crippen LogP contribution in [0.5, 0.6) is 0 Å². The number of benzene rings is 2. The van der Waals surface area contributed by atoms with E-state index in [9.17, 15) is 45.6 Å². The first-order chi connectivity index (χ1) is 22.6. The quantitative estimate of drug-likeness (QED) is 0.222. The molecule has 0 unspecified atom stereocenters. The van der Waals surface area contributed by atoms with Crippen LogP contribution in [0.25, 0.3) is 0 Å². The summed E-state index contributed by atoms with van der Waals surface area (Å²) in [7, 11) is -3.98. The van der Waals surface area contributed by atoms with Crippen LogP contribution in [0.1, 0.15) is 41.6 Å². The molecule has 4 amide bonds. The van der Waals surface area contributed by atoms with Crippen LogP contribution < -0.4 is 20.7 Å². The summed E-state index contributed by atoms with van der Waals surface area (Å²) >= 11 is 0. The summed E-state index contributed by atoms with van der Waals surface area (Å²) in [4.78, 5) is 68.2. The molecule has 48 heavy (non-hydrogen) atoms. The zero-order chi connectivity index (χ0) is 34.6. The van der Waals surface area contributed by atoms with Crippen LogP contribution in [-0.2, 0) is 30.8 Å². The Morgan fingerprint density at radius 3 is 2.15 bits per heavy atom. The first-order valence-corrected chi connectivity index (χ1v) is 16.0. The number of carbonyl (C=O) groups is 5. The minimum absolute atomic E-state index is 0.0208. The van der Waals surface area contributed by atoms with Gasteiger partial charge in [-0.2, -0.15) is 13.2 Å². The van der Waals surface area contributed by atoms with Crippen LogP contribution in [0.2, 0.25) is 0 Å². The van der Waals surface area contributed by atoms with Crippen molar-refractivity contribution in [2.24, 2.45) is 0 Å². The average Bonchev–Trinajstić information content (AvgIpc) is 3.98. The number of ketones is 2. The largest absolute Gasteiger partial charge is 0.501 e. The first kappa shape index (κ1) is 32.9. The molecule has 3 heterocycles. The van der Waals surface area contributed by atoms with Crippen molar-refractivity contribution in [3.8, 4) is 0 Å². The van der Waals surface area contributed by atoms with E-state index >= 15 is 0 Å². The van der Waals surface area contributed by atoms with Gasteiger partial charge in [-0.1, -0.05) is 18.2 Å². The zero-order valence-corrected chi connectivity index (χ0v) is 26.0. The number of rotatable bonds is 6. The number of carbonyl (C=O) groups excluding carboxylic acids is 5. The Labute approximate surface area is 271 Å². The molecule has 7 rings (SSSR count). The van der Waals surface area contributed by atoms with Crippen molar-refractivity contribution >= 4 is 50.6 Å². The van der Waals surface area contributed by atoms with Gasteiger partial charge < -0.3 is 9.80 Å². The van der Waals surface area contributed by atoms with E-state index < -0.39 is 43.4 Å². The fourth-order valence-corrected chi connectivity index (χ4v) is 6.40. The molecule has 2 aliphatic heterocycles. The Balaban J connectivity index is 0.000000381. The summed E-state index contributed by atoms with van der Waals surface area (Å²) in [6, 6.07) is 13.2. The van der Waals surface area contributed by atoms with Crippen molar-refractivity contribution in [3.05, 3.63) is 84.2 Å². The Morgan fingerprint density at radius 1 is 0.979 bits per heavy atom. The average molecular weight is 685 g/mol. The SMILES string of the molecule is CN(C(=O)c1cnccc1CN1C(=O)N(c2ccc(S(=O)(=O)C(F)(F)F)cc2)C(=O)C12CC2)c1ccccc1.O=C1CC(=O)C2(C1)NN2. The summed E-state index contributed by atoms with van der Waals surface area (Å²) in [5, 5.41) is 0. The molecule has 2 aliphatic carbocycles. The monoisotopic (exact) mass is 684 g/mol. The topological polar surface area (TPSA) is 186 Å². The zero-order valence-electron chi connectivity index (χ0n) is 25.2. The molecule has 2 saturated carbocycles. The number of hydrazine groups is 1. The van der Waals surface area contributed by atoms with Gasteiger partial charge in [0.05, 0.1) is 22.6 Å². The standard InChI is InChI=1S/C26H21F3N4O5S.C5H6N2O2/c1-31(18-5-3-2-4-6-18)22(34)21-15-30-14-11-17(21)16-32-24(36)33(23(35)25(32)12-13-25)19-7-9-20(10-8-19)39(37,38)26(27,28)29;8-3-1-4(9)5(2-3)6-7-5/h2-11,14-15H,12-13,16H2,1H3;6-7H,1-2H2. The lowest BCUT2D eigenvalue weighted by molar-refractivity contribution is -0.122. The molecule has 250 valence electrons. The third-order valence-corrected chi connectivity index (χ3v) is 10.1. The Kier molecular flexibility index (Phi) is 7.96. The van der Waals surface area contributed by atoms with Crippen LogP contribution in [-0.4, -0.2) is 71.5 Å². The van der Waals surface area contributed by atoms with Gasteiger partial charge in [0.2, 0.25) is 0 Å². The van der Waals surface area contributed by atoms with E-state index in [0.29, 0.717) is 42.6 Å². The van der Waals surface area contributed by atoms with Crippen molar-refractivity contribution in [2.45, 2.75) is 53.8 Å². The summed E-state index contributed by atoms with van der Waals surface area (Å²) < 4.78 is 62.1. The lowest BCUT2D eigenvalue weighted by Crippen LogP contribution is -2.37. The van der Waals surface area contributed by atoms with Gasteiger partial charge in [-0.15, -0.1) is 0 Å². The second-order valence-corrected chi connectivity index (χ2v) is 13.6. The Hall–Kier alpha value is -5.00. The molecule has 17 heteroatoms. The number of nitrogens with zero attached hydrogens (tertiary/aromatic N) is 4. The van der Waals surface area contributed by atoms with Crippen molar-refractivity contribution in [3.63, 3.8) is 0 Å². The van der Waals surface area contributed by atoms with Crippen molar-refractivity contribution in [2.75, 3.05) is 16.8 Å². The third kappa shape index (κ3) is 5.62. The maximum Gasteiger partial charge on any atom is 0.501 e. The highest BCUT2D eigenvalue weighted by Crippen LogP contribution is 2.50. The lowest BCUT2D eigenvalue weighted by atomic mass is 10.1. The molecule has 2 aromatic carbocycles. The number of anilines is 2. The van der Waals surface area contributed by atoms with Gasteiger partial charge in [-0.3, -0.25) is 24.2 Å². The van der Waals surface area contributed by atoms with E-state index in [1.54, 1.807) is 37.4 Å². The van der Waals surface area contributed by atoms with Crippen molar-refractivity contribution in [1.29, 1.82) is 0 Å². The van der Waals surface area contributed by atoms with Crippen LogP contribution in [0, 0.1) is 0 Å². The number of nitrogens with one attached hydrogen (secondary N) is 2. The normalized spacial score (nSPS) is 19.1. The summed E-state index contributed by atoms with van der Waals surface area (Å²) in [5.41, 5.74) is -0.637. The molecule has 0 bridgehead atoms. The minimum Gasteiger partial charge on any atom is -0.311 e. The Morgan fingerprint density at radius 2 is 1.62 bits per heavy atom. The molecule has 2 N–H and O–H groups in total. The molecule has 2 saturated heterocycles. The molecule has 0 atom stereocenters. The number of hydrogen-bond donors (Lipinski definition) is 2. The smallest absolute Gasteiger partial charge is 0.311 e. The van der Waals surface area contributed by atoms with Crippen molar-refractivity contribution in [1.82, 2.24) is 20.7 Å². The summed E-state index contributed by atoms with van der Waals surface area (Å²) in [6.07, 6.45) is 4.01. The number of Topliss-reactive ketones (excluding diaryl/α,β-unsaturated/α-hetero) is 2. The maximum absolute atomic E-state index is 13.5. The molecular weight excluding hydrogens is 657 g/mol. The van der Waals surface area contributed by atoms with Gasteiger partial charge in [-0.05, 0) is 60.9 Å². The molecule has 0 radical (unpaired) electrons. The number of amides is 4. The van der Waals surface area contributed by atoms with Gasteiger partial charge in [-0.25, -0.2) is 29.0 Å². The fourth-order valence-electron chi connectivity index (χ4n) is 5.63. The number of aromatic nitrogens is 1. The number of para-hydroxylation sites is 1. The molecule has 13 nitrogen and oxygen atoms in total. The Bertz CT molecular complexity index is 1950. The molecule has 1 aromatic heterocycles. The van der Waals surface area contributed by atoms with Gasteiger partial charge in [0, 0.05) is 38.1 Å². The number of pyridine rings is 1. The highest BCUT2D eigenvalue weighted by atomic mass is 32.2. The van der Waals surface area contributed by atoms with Crippen LogP contribution in [0.3, 0.4) is 0 Å². The van der Waals surface area contributed by atoms with E-state index in [2.05, 4.69) is 15.8 Å². The van der Waals surface area contributed by atoms with E-state index in [0.717, 1.165) is 17.0 Å². The number of halogens is 3. The highest BCUT2D eigenvalue weighted by Gasteiger charge is 2.65. The number of urea groups is 1. The third-order valence-electron chi connectivity index (χ3n) is 8.61. The van der Waals surface area contributed by atoms with Crippen LogP contribution in [0.15, 0.2) is 78.0 Å². The number of hydrogen-bond acceptors (Lipinski definition) is 10. The van der Waals surface area contributed by atoms with Crippen molar-refractivity contribution < 1.29 is 45.6 Å². The van der Waals surface area contributed by atoms with Gasteiger partial charge in [0.25, 0.3) is 21.7 Å². The van der Waals surface area contributed by atoms with Gasteiger partial charge in [0.15, 0.2) is 11.4 Å². The second-order valence-electron chi connectivity index (χ2n) is 11.7. The van der Waals surface area contributed by atoms with Gasteiger partial charge in [0.1, 0.15) is 11.3 Å². The number of sulfone groups is 1. The predicted octanol–water partition coefficient (Wildman–Crippen LogP) is 2.88. The fraction of sp³-hybridized carbons (Fsp3) is 0.290. The van der Waals surface area contributed by atoms with E-state index in [1.165, 1.54) is 22.2 Å². The number of alkyl halides is 3. The van der Waals surface area contributed by atoms with E-state index in [-0.39, 0.29) is 41.7 Å². The van der Waals surface area contributed by atoms with E-state index in [4.69, 9.17) is 0 Å². The van der Waals surface area contributed by atoms with Gasteiger partial charge >= 0.3 is 11.5 Å². The maximum atomic E-state index is 13.5. The summed E-state index contributed by atoms with van der Waals surface area (Å²) in [6.45, 7) is -0.0895. The minimum atomic E-state index is -5.59. The predicted molar refractivity (Wildman–Crippen MR) is 162 cm³/mol. The highest BCUT2D eigenvalue weighted by molar-refractivity contribution is 7.92. The van der Waals surface area contributed by atoms with E-state index in [1.807, 2.05) is 6.07 Å². The first-order valence-electron chi connectivity index (χ1n) is 14.5. The second kappa shape index (κ2) is 11.6. The molecule has 3 aromatic rings. The molecule has 4 fully saturated rings. The number of imide groups is 1. The molecule has 4 aliphatic rings. The molecule has 2 spiro atoms. The van der Waals surface area contributed by atoms with Crippen LogP contribution in [0.4, 0.5) is 29.3 Å².